The van der Waals surface area contributed by atoms with Crippen molar-refractivity contribution in [3.63, 3.8) is 0 Å². The maximum absolute atomic E-state index is 11.4. The first-order chi connectivity index (χ1) is 6.18. The van der Waals surface area contributed by atoms with E-state index < -0.39 is 5.97 Å². The van der Waals surface area contributed by atoms with Gasteiger partial charge in [0.05, 0.1) is 6.20 Å². The van der Waals surface area contributed by atoms with Crippen molar-refractivity contribution in [2.45, 2.75) is 6.54 Å². The molecule has 2 rings (SSSR count). The van der Waals surface area contributed by atoms with E-state index in [1.54, 1.807) is 12.4 Å². The van der Waals surface area contributed by atoms with E-state index in [2.05, 4.69) is 4.98 Å². The van der Waals surface area contributed by atoms with Gasteiger partial charge in [0.1, 0.15) is 12.2 Å². The minimum Gasteiger partial charge on any atom is -0.480 e. The SMILES string of the molecule is O=C(O)Cn1cc2[nH]ccn2c1=O. The molecule has 13 heavy (non-hydrogen) atoms. The molecule has 0 fully saturated rings. The molecule has 0 bridgehead atoms. The molecule has 0 aromatic carbocycles. The van der Waals surface area contributed by atoms with Crippen molar-refractivity contribution in [3.05, 3.63) is 29.1 Å². The molecule has 2 N–H and O–H groups in total. The standard InChI is InChI=1S/C7H7N3O3/c11-6(12)4-9-3-5-8-1-2-10(5)7(9)13/h1-3,8H,4H2,(H,11,12). The lowest BCUT2D eigenvalue weighted by atomic mass is 10.6. The average Bonchev–Trinajstić information content (AvgIpc) is 2.56. The second-order valence-corrected chi connectivity index (χ2v) is 2.65. The molecule has 0 radical (unpaired) electrons. The molecular formula is C7H7N3O3. The van der Waals surface area contributed by atoms with Crippen LogP contribution in [-0.4, -0.2) is 25.0 Å². The number of fused-ring (bicyclic) bond motifs is 1. The van der Waals surface area contributed by atoms with Gasteiger partial charge in [-0.1, -0.05) is 0 Å². The van der Waals surface area contributed by atoms with Crippen LogP contribution in [0.15, 0.2) is 23.4 Å². The molecule has 0 amide bonds. The van der Waals surface area contributed by atoms with Crippen LogP contribution in [-0.2, 0) is 11.3 Å². The molecule has 0 unspecified atom stereocenters. The quantitative estimate of drug-likeness (QED) is 0.656. The van der Waals surface area contributed by atoms with Crippen molar-refractivity contribution in [1.82, 2.24) is 14.0 Å². The van der Waals surface area contributed by atoms with Crippen LogP contribution >= 0.6 is 0 Å². The van der Waals surface area contributed by atoms with Gasteiger partial charge in [0, 0.05) is 12.4 Å². The number of hydrogen-bond acceptors (Lipinski definition) is 2. The van der Waals surface area contributed by atoms with E-state index in [0.717, 1.165) is 4.57 Å². The molecule has 0 aliphatic heterocycles. The normalized spacial score (nSPS) is 10.8. The number of carboxylic acid groups (broad SMARTS) is 1. The highest BCUT2D eigenvalue weighted by Crippen LogP contribution is 1.95. The van der Waals surface area contributed by atoms with Gasteiger partial charge in [0.25, 0.3) is 0 Å². The Morgan fingerprint density at radius 1 is 1.62 bits per heavy atom. The summed E-state index contributed by atoms with van der Waals surface area (Å²) in [7, 11) is 0. The third kappa shape index (κ3) is 1.12. The molecule has 2 aromatic heterocycles. The first kappa shape index (κ1) is 7.66. The molecule has 6 nitrogen and oxygen atoms in total. The molecule has 0 saturated carbocycles. The summed E-state index contributed by atoms with van der Waals surface area (Å²) in [6.45, 7) is -0.311. The van der Waals surface area contributed by atoms with Crippen molar-refractivity contribution in [2.75, 3.05) is 0 Å². The smallest absolute Gasteiger partial charge is 0.334 e. The fourth-order valence-corrected chi connectivity index (χ4v) is 1.21. The van der Waals surface area contributed by atoms with E-state index in [-0.39, 0.29) is 12.2 Å². The van der Waals surface area contributed by atoms with Crippen molar-refractivity contribution >= 4 is 11.6 Å². The predicted molar refractivity (Wildman–Crippen MR) is 43.6 cm³/mol. The molecule has 2 aromatic rings. The van der Waals surface area contributed by atoms with Crippen LogP contribution in [0.3, 0.4) is 0 Å². The van der Waals surface area contributed by atoms with Gasteiger partial charge in [-0.05, 0) is 0 Å². The minimum absolute atomic E-state index is 0.311. The van der Waals surface area contributed by atoms with Crippen LogP contribution in [0.4, 0.5) is 0 Å². The van der Waals surface area contributed by atoms with Crippen LogP contribution in [0.25, 0.3) is 5.65 Å². The zero-order valence-electron chi connectivity index (χ0n) is 6.60. The average molecular weight is 181 g/mol. The fraction of sp³-hybridized carbons (Fsp3) is 0.143. The van der Waals surface area contributed by atoms with E-state index in [9.17, 15) is 9.59 Å². The Morgan fingerprint density at radius 2 is 2.38 bits per heavy atom. The van der Waals surface area contributed by atoms with Crippen LogP contribution in [0.5, 0.6) is 0 Å². The van der Waals surface area contributed by atoms with Crippen LogP contribution in [0, 0.1) is 0 Å². The molecule has 0 spiro atoms. The van der Waals surface area contributed by atoms with E-state index in [1.165, 1.54) is 10.6 Å². The summed E-state index contributed by atoms with van der Waals surface area (Å²) in [5.74, 6) is -1.03. The van der Waals surface area contributed by atoms with E-state index in [1.807, 2.05) is 0 Å². The number of nitrogens with zero attached hydrogens (tertiary/aromatic N) is 2. The third-order valence-electron chi connectivity index (χ3n) is 1.75. The minimum atomic E-state index is -1.03. The maximum Gasteiger partial charge on any atom is 0.334 e. The fourth-order valence-electron chi connectivity index (χ4n) is 1.21. The maximum atomic E-state index is 11.4. The molecule has 0 atom stereocenters. The second-order valence-electron chi connectivity index (χ2n) is 2.65. The lowest BCUT2D eigenvalue weighted by Crippen LogP contribution is -2.22. The number of imidazole rings is 2. The largest absolute Gasteiger partial charge is 0.480 e. The zero-order chi connectivity index (χ0) is 9.42. The topological polar surface area (TPSA) is 79.5 Å². The number of rotatable bonds is 2. The number of aliphatic carboxylic acids is 1. The Bertz CT molecular complexity index is 504. The summed E-state index contributed by atoms with van der Waals surface area (Å²) in [4.78, 5) is 24.5. The zero-order valence-corrected chi connectivity index (χ0v) is 6.60. The van der Waals surface area contributed by atoms with Gasteiger partial charge in [0.15, 0.2) is 0 Å². The molecule has 0 saturated heterocycles. The van der Waals surface area contributed by atoms with Crippen molar-refractivity contribution in [3.8, 4) is 0 Å². The lowest BCUT2D eigenvalue weighted by molar-refractivity contribution is -0.137. The third-order valence-corrected chi connectivity index (χ3v) is 1.75. The van der Waals surface area contributed by atoms with Crippen molar-refractivity contribution in [1.29, 1.82) is 0 Å². The Labute approximate surface area is 72.0 Å². The molecule has 0 aliphatic rings. The van der Waals surface area contributed by atoms with Crippen LogP contribution < -0.4 is 5.69 Å². The van der Waals surface area contributed by atoms with E-state index in [4.69, 9.17) is 5.11 Å². The van der Waals surface area contributed by atoms with Gasteiger partial charge >= 0.3 is 11.7 Å². The van der Waals surface area contributed by atoms with Gasteiger partial charge in [-0.2, -0.15) is 0 Å². The molecule has 6 heteroatoms. The first-order valence-corrected chi connectivity index (χ1v) is 3.65. The Kier molecular flexibility index (Phi) is 1.48. The Balaban J connectivity index is 2.58. The van der Waals surface area contributed by atoms with Crippen LogP contribution in [0.2, 0.25) is 0 Å². The Morgan fingerprint density at radius 3 is 3.00 bits per heavy atom. The monoisotopic (exact) mass is 181 g/mol. The number of carbonyl (C=O) groups is 1. The van der Waals surface area contributed by atoms with Crippen molar-refractivity contribution in [2.24, 2.45) is 0 Å². The molecular weight excluding hydrogens is 174 g/mol. The highest BCUT2D eigenvalue weighted by Gasteiger charge is 2.07. The predicted octanol–water partition coefficient (Wildman–Crippen LogP) is -0.486. The summed E-state index contributed by atoms with van der Waals surface area (Å²) < 4.78 is 2.48. The number of nitrogens with one attached hydrogen (secondary N) is 1. The summed E-state index contributed by atoms with van der Waals surface area (Å²) >= 11 is 0. The summed E-state index contributed by atoms with van der Waals surface area (Å²) in [5.41, 5.74) is 0.241. The second kappa shape index (κ2) is 2.51. The Hall–Kier alpha value is -1.98. The highest BCUT2D eigenvalue weighted by atomic mass is 16.4. The van der Waals surface area contributed by atoms with Gasteiger partial charge < -0.3 is 10.1 Å². The highest BCUT2D eigenvalue weighted by molar-refractivity contribution is 5.66. The van der Waals surface area contributed by atoms with Gasteiger partial charge in [-0.3, -0.25) is 13.8 Å². The van der Waals surface area contributed by atoms with Gasteiger partial charge in [-0.25, -0.2) is 4.79 Å². The number of H-pyrrole nitrogens is 1. The summed E-state index contributed by atoms with van der Waals surface area (Å²) in [6, 6.07) is 0. The number of hydrogen-bond donors (Lipinski definition) is 2. The lowest BCUT2D eigenvalue weighted by Gasteiger charge is -1.91. The molecule has 0 aliphatic carbocycles. The van der Waals surface area contributed by atoms with Crippen LogP contribution in [0.1, 0.15) is 0 Å². The molecule has 68 valence electrons. The van der Waals surface area contributed by atoms with E-state index in [0.29, 0.717) is 5.65 Å². The number of aromatic nitrogens is 3. The van der Waals surface area contributed by atoms with E-state index >= 15 is 0 Å². The van der Waals surface area contributed by atoms with Gasteiger partial charge in [-0.15, -0.1) is 0 Å². The first-order valence-electron chi connectivity index (χ1n) is 3.65. The summed E-state index contributed by atoms with van der Waals surface area (Å²) in [6.07, 6.45) is 4.63. The number of carboxylic acids is 1. The molecule has 2 heterocycles. The van der Waals surface area contributed by atoms with Gasteiger partial charge in [0.2, 0.25) is 0 Å². The van der Waals surface area contributed by atoms with Crippen molar-refractivity contribution < 1.29 is 9.90 Å². The summed E-state index contributed by atoms with van der Waals surface area (Å²) in [5, 5.41) is 8.47. The number of aromatic amines is 1.